The standard InChI is InChI=1S/C21H28N2O2/c1-6-21(4,22)20(24)19-12-10-17(23(19)5)8-7-13-25-18-11-9-15(2)16(3)14-18/h9-12,14,20,24H,6,13,22H2,1-5H3. The molecule has 0 radical (unpaired) electrons. The third kappa shape index (κ3) is 4.45. The molecule has 0 saturated carbocycles. The van der Waals surface area contributed by atoms with Gasteiger partial charge in [-0.3, -0.25) is 0 Å². The molecule has 4 heteroatoms. The van der Waals surface area contributed by atoms with E-state index in [0.29, 0.717) is 13.0 Å². The lowest BCUT2D eigenvalue weighted by Crippen LogP contribution is -2.42. The second-order valence-electron chi connectivity index (χ2n) is 6.80. The lowest BCUT2D eigenvalue weighted by molar-refractivity contribution is 0.0851. The van der Waals surface area contributed by atoms with Gasteiger partial charge in [0.1, 0.15) is 18.5 Å². The van der Waals surface area contributed by atoms with Gasteiger partial charge in [0, 0.05) is 18.3 Å². The summed E-state index contributed by atoms with van der Waals surface area (Å²) in [6.07, 6.45) is -0.0469. The molecule has 2 rings (SSSR count). The SMILES string of the molecule is CCC(C)(N)C(O)c1ccc(C#CCOc2ccc(C)c(C)c2)n1C. The zero-order chi connectivity index (χ0) is 18.6. The summed E-state index contributed by atoms with van der Waals surface area (Å²) in [6.45, 7) is 8.27. The minimum Gasteiger partial charge on any atom is -0.481 e. The van der Waals surface area contributed by atoms with Crippen LogP contribution in [-0.4, -0.2) is 21.8 Å². The number of nitrogens with two attached hydrogens (primary N) is 1. The van der Waals surface area contributed by atoms with Crippen LogP contribution in [0.1, 0.15) is 48.9 Å². The van der Waals surface area contributed by atoms with Gasteiger partial charge in [0.2, 0.25) is 0 Å². The fourth-order valence-corrected chi connectivity index (χ4v) is 2.51. The maximum atomic E-state index is 10.5. The molecule has 1 heterocycles. The van der Waals surface area contributed by atoms with Crippen LogP contribution in [0.25, 0.3) is 0 Å². The second-order valence-corrected chi connectivity index (χ2v) is 6.80. The molecule has 0 amide bonds. The number of nitrogens with zero attached hydrogens (tertiary/aromatic N) is 1. The Morgan fingerprint density at radius 2 is 1.96 bits per heavy atom. The van der Waals surface area contributed by atoms with Crippen LogP contribution in [0.2, 0.25) is 0 Å². The lowest BCUT2D eigenvalue weighted by atomic mass is 9.91. The zero-order valence-corrected chi connectivity index (χ0v) is 15.8. The summed E-state index contributed by atoms with van der Waals surface area (Å²) in [5.74, 6) is 6.94. The molecule has 0 fully saturated rings. The summed E-state index contributed by atoms with van der Waals surface area (Å²) in [5.41, 5.74) is 9.53. The van der Waals surface area contributed by atoms with Gasteiger partial charge in [0.25, 0.3) is 0 Å². The molecule has 25 heavy (non-hydrogen) atoms. The maximum absolute atomic E-state index is 10.5. The summed E-state index contributed by atoms with van der Waals surface area (Å²) in [6, 6.07) is 9.78. The van der Waals surface area contributed by atoms with E-state index >= 15 is 0 Å². The van der Waals surface area contributed by atoms with Crippen molar-refractivity contribution in [2.24, 2.45) is 12.8 Å². The van der Waals surface area contributed by atoms with E-state index in [2.05, 4.69) is 25.7 Å². The molecule has 0 bridgehead atoms. The molecule has 4 nitrogen and oxygen atoms in total. The molecule has 2 aromatic rings. The highest BCUT2D eigenvalue weighted by molar-refractivity contribution is 5.35. The van der Waals surface area contributed by atoms with E-state index < -0.39 is 11.6 Å². The van der Waals surface area contributed by atoms with Gasteiger partial charge in [0.05, 0.1) is 5.69 Å². The molecular weight excluding hydrogens is 312 g/mol. The summed E-state index contributed by atoms with van der Waals surface area (Å²) in [7, 11) is 1.89. The fourth-order valence-electron chi connectivity index (χ4n) is 2.51. The van der Waals surface area contributed by atoms with Gasteiger partial charge in [0.15, 0.2) is 0 Å². The van der Waals surface area contributed by atoms with E-state index in [9.17, 15) is 5.11 Å². The van der Waals surface area contributed by atoms with E-state index in [1.165, 1.54) is 11.1 Å². The molecule has 134 valence electrons. The van der Waals surface area contributed by atoms with Gasteiger partial charge < -0.3 is 20.1 Å². The molecule has 0 aliphatic rings. The van der Waals surface area contributed by atoms with Crippen LogP contribution in [0.3, 0.4) is 0 Å². The van der Waals surface area contributed by atoms with Crippen molar-refractivity contribution in [2.45, 2.75) is 45.8 Å². The molecule has 1 aromatic carbocycles. The Morgan fingerprint density at radius 3 is 2.60 bits per heavy atom. The van der Waals surface area contributed by atoms with Crippen molar-refractivity contribution in [3.63, 3.8) is 0 Å². The van der Waals surface area contributed by atoms with E-state index in [4.69, 9.17) is 10.5 Å². The topological polar surface area (TPSA) is 60.4 Å². The van der Waals surface area contributed by atoms with Gasteiger partial charge in [-0.1, -0.05) is 18.9 Å². The predicted molar refractivity (Wildman–Crippen MR) is 102 cm³/mol. The summed E-state index contributed by atoms with van der Waals surface area (Å²) < 4.78 is 7.56. The largest absolute Gasteiger partial charge is 0.481 e. The Bertz CT molecular complexity index is 794. The molecule has 0 aliphatic carbocycles. The van der Waals surface area contributed by atoms with Crippen LogP contribution in [0, 0.1) is 25.7 Å². The van der Waals surface area contributed by atoms with Crippen LogP contribution >= 0.6 is 0 Å². The number of rotatable bonds is 5. The summed E-state index contributed by atoms with van der Waals surface area (Å²) in [5, 5.41) is 10.5. The van der Waals surface area contributed by atoms with Crippen molar-refractivity contribution in [1.82, 2.24) is 4.57 Å². The first kappa shape index (κ1) is 19.1. The van der Waals surface area contributed by atoms with Crippen LogP contribution in [0.4, 0.5) is 0 Å². The minimum atomic E-state index is -0.732. The number of aryl methyl sites for hydroxylation is 2. The molecule has 0 spiro atoms. The fraction of sp³-hybridized carbons (Fsp3) is 0.429. The van der Waals surface area contributed by atoms with E-state index in [-0.39, 0.29) is 0 Å². The number of hydrogen-bond donors (Lipinski definition) is 2. The predicted octanol–water partition coefficient (Wildman–Crippen LogP) is 3.23. The first-order valence-electron chi connectivity index (χ1n) is 8.57. The first-order chi connectivity index (χ1) is 11.8. The highest BCUT2D eigenvalue weighted by Crippen LogP contribution is 2.27. The van der Waals surface area contributed by atoms with Crippen LogP contribution in [0.5, 0.6) is 5.75 Å². The highest BCUT2D eigenvalue weighted by atomic mass is 16.5. The van der Waals surface area contributed by atoms with Crippen molar-refractivity contribution >= 4 is 0 Å². The number of aliphatic hydroxyl groups is 1. The Hall–Kier alpha value is -2.22. The van der Waals surface area contributed by atoms with Crippen LogP contribution in [-0.2, 0) is 7.05 Å². The lowest BCUT2D eigenvalue weighted by Gasteiger charge is -2.29. The van der Waals surface area contributed by atoms with Crippen molar-refractivity contribution in [3.05, 3.63) is 52.8 Å². The molecule has 0 saturated heterocycles. The Kier molecular flexibility index (Phi) is 5.94. The quantitative estimate of drug-likeness (QED) is 0.822. The van der Waals surface area contributed by atoms with Crippen LogP contribution < -0.4 is 10.5 Å². The molecule has 3 N–H and O–H groups in total. The molecule has 2 atom stereocenters. The summed E-state index contributed by atoms with van der Waals surface area (Å²) >= 11 is 0. The third-order valence-corrected chi connectivity index (χ3v) is 4.83. The van der Waals surface area contributed by atoms with Gasteiger partial charge in [-0.25, -0.2) is 0 Å². The van der Waals surface area contributed by atoms with Crippen molar-refractivity contribution in [1.29, 1.82) is 0 Å². The average Bonchev–Trinajstić information content (AvgIpc) is 2.94. The number of ether oxygens (including phenoxy) is 1. The first-order valence-corrected chi connectivity index (χ1v) is 8.57. The number of benzene rings is 1. The van der Waals surface area contributed by atoms with Gasteiger partial charge >= 0.3 is 0 Å². The van der Waals surface area contributed by atoms with Crippen molar-refractivity contribution in [2.75, 3.05) is 6.61 Å². The second kappa shape index (κ2) is 7.77. The highest BCUT2D eigenvalue weighted by Gasteiger charge is 2.29. The Balaban J connectivity index is 2.05. The molecule has 2 unspecified atom stereocenters. The van der Waals surface area contributed by atoms with Gasteiger partial charge in [-0.2, -0.15) is 0 Å². The smallest absolute Gasteiger partial charge is 0.149 e. The van der Waals surface area contributed by atoms with E-state index in [0.717, 1.165) is 17.1 Å². The summed E-state index contributed by atoms with van der Waals surface area (Å²) in [4.78, 5) is 0. The van der Waals surface area contributed by atoms with E-state index in [1.54, 1.807) is 0 Å². The zero-order valence-electron chi connectivity index (χ0n) is 15.8. The van der Waals surface area contributed by atoms with Crippen molar-refractivity contribution < 1.29 is 9.84 Å². The number of aliphatic hydroxyl groups excluding tert-OH is 1. The monoisotopic (exact) mass is 340 g/mol. The molecule has 1 aromatic heterocycles. The van der Waals surface area contributed by atoms with E-state index in [1.807, 2.05) is 55.8 Å². The Morgan fingerprint density at radius 1 is 1.24 bits per heavy atom. The number of hydrogen-bond acceptors (Lipinski definition) is 3. The molecule has 0 aliphatic heterocycles. The maximum Gasteiger partial charge on any atom is 0.149 e. The minimum absolute atomic E-state index is 0.315. The molecular formula is C21H28N2O2. The van der Waals surface area contributed by atoms with Crippen LogP contribution in [0.15, 0.2) is 30.3 Å². The Labute approximate surface area is 150 Å². The normalized spacial score (nSPS) is 14.4. The van der Waals surface area contributed by atoms with Gasteiger partial charge in [-0.15, -0.1) is 0 Å². The number of aromatic nitrogens is 1. The van der Waals surface area contributed by atoms with Crippen molar-refractivity contribution in [3.8, 4) is 17.6 Å². The van der Waals surface area contributed by atoms with Gasteiger partial charge in [-0.05, 0) is 68.5 Å². The third-order valence-electron chi connectivity index (χ3n) is 4.83. The average molecular weight is 340 g/mol.